The minimum atomic E-state index is -0.706. The number of ketones is 1. The highest BCUT2D eigenvalue weighted by Crippen LogP contribution is 2.20. The minimum Gasteiger partial charge on any atom is -0.329 e. The van der Waals surface area contributed by atoms with Gasteiger partial charge in [0.05, 0.1) is 5.92 Å². The molecule has 0 bridgehead atoms. The molecule has 0 amide bonds. The van der Waals surface area contributed by atoms with Gasteiger partial charge in [-0.05, 0) is 17.7 Å². The number of halogens is 2. The molecule has 2 aromatic rings. The molecule has 0 aliphatic heterocycles. The van der Waals surface area contributed by atoms with Crippen LogP contribution in [0.15, 0.2) is 48.5 Å². The first-order chi connectivity index (χ1) is 9.63. The van der Waals surface area contributed by atoms with E-state index in [1.54, 1.807) is 24.3 Å². The second-order valence-corrected chi connectivity index (χ2v) is 4.54. The summed E-state index contributed by atoms with van der Waals surface area (Å²) < 4.78 is 27.1. The van der Waals surface area contributed by atoms with Crippen molar-refractivity contribution >= 4 is 5.78 Å². The molecule has 0 heterocycles. The SMILES string of the molecule is NCC(C(=O)Cc1c(F)cccc1F)c1ccccc1. The van der Waals surface area contributed by atoms with Gasteiger partial charge in [-0.1, -0.05) is 36.4 Å². The van der Waals surface area contributed by atoms with E-state index in [-0.39, 0.29) is 24.3 Å². The van der Waals surface area contributed by atoms with Crippen molar-refractivity contribution in [2.45, 2.75) is 12.3 Å². The first-order valence-corrected chi connectivity index (χ1v) is 6.34. The highest BCUT2D eigenvalue weighted by molar-refractivity contribution is 5.88. The molecule has 1 atom stereocenters. The highest BCUT2D eigenvalue weighted by Gasteiger charge is 2.21. The van der Waals surface area contributed by atoms with Crippen molar-refractivity contribution < 1.29 is 13.6 Å². The van der Waals surface area contributed by atoms with Gasteiger partial charge in [0.15, 0.2) is 0 Å². The second kappa shape index (κ2) is 6.39. The Balaban J connectivity index is 2.23. The molecule has 0 aliphatic rings. The Morgan fingerprint density at radius 1 is 1.00 bits per heavy atom. The molecule has 0 aromatic heterocycles. The molecule has 2 rings (SSSR count). The summed E-state index contributed by atoms with van der Waals surface area (Å²) in [5.74, 6) is -2.25. The number of benzene rings is 2. The lowest BCUT2D eigenvalue weighted by Gasteiger charge is -2.14. The zero-order valence-electron chi connectivity index (χ0n) is 10.9. The molecule has 104 valence electrons. The lowest BCUT2D eigenvalue weighted by Crippen LogP contribution is -2.24. The van der Waals surface area contributed by atoms with Crippen LogP contribution in [0.2, 0.25) is 0 Å². The van der Waals surface area contributed by atoms with E-state index in [1.807, 2.05) is 6.07 Å². The summed E-state index contributed by atoms with van der Waals surface area (Å²) in [6, 6.07) is 12.6. The third kappa shape index (κ3) is 3.08. The summed E-state index contributed by atoms with van der Waals surface area (Å²) in [5, 5.41) is 0. The fraction of sp³-hybridized carbons (Fsp3) is 0.188. The Bertz CT molecular complexity index is 578. The number of rotatable bonds is 5. The van der Waals surface area contributed by atoms with Gasteiger partial charge in [-0.3, -0.25) is 4.79 Å². The van der Waals surface area contributed by atoms with Crippen molar-refractivity contribution in [3.05, 3.63) is 71.3 Å². The molecule has 20 heavy (non-hydrogen) atoms. The minimum absolute atomic E-state index is 0.110. The summed E-state index contributed by atoms with van der Waals surface area (Å²) in [6.07, 6.45) is -0.296. The monoisotopic (exact) mass is 275 g/mol. The van der Waals surface area contributed by atoms with E-state index in [0.29, 0.717) is 0 Å². The fourth-order valence-electron chi connectivity index (χ4n) is 2.14. The van der Waals surface area contributed by atoms with Crippen LogP contribution in [-0.4, -0.2) is 12.3 Å². The zero-order valence-corrected chi connectivity index (χ0v) is 10.9. The molecule has 1 unspecified atom stereocenters. The Hall–Kier alpha value is -2.07. The smallest absolute Gasteiger partial charge is 0.146 e. The van der Waals surface area contributed by atoms with Crippen molar-refractivity contribution in [3.63, 3.8) is 0 Å². The lowest BCUT2D eigenvalue weighted by molar-refractivity contribution is -0.119. The van der Waals surface area contributed by atoms with E-state index < -0.39 is 17.6 Å². The van der Waals surface area contributed by atoms with Crippen LogP contribution in [0.25, 0.3) is 0 Å². The van der Waals surface area contributed by atoms with Crippen LogP contribution in [-0.2, 0) is 11.2 Å². The molecule has 0 saturated carbocycles. The van der Waals surface area contributed by atoms with Crippen molar-refractivity contribution in [3.8, 4) is 0 Å². The molecule has 2 aromatic carbocycles. The quantitative estimate of drug-likeness (QED) is 0.911. The van der Waals surface area contributed by atoms with Crippen molar-refractivity contribution in [2.24, 2.45) is 5.73 Å². The Morgan fingerprint density at radius 2 is 1.60 bits per heavy atom. The van der Waals surface area contributed by atoms with E-state index in [4.69, 9.17) is 5.73 Å². The molecule has 0 saturated heterocycles. The van der Waals surface area contributed by atoms with E-state index in [9.17, 15) is 13.6 Å². The Kier molecular flexibility index (Phi) is 4.58. The topological polar surface area (TPSA) is 43.1 Å². The van der Waals surface area contributed by atoms with Crippen molar-refractivity contribution in [2.75, 3.05) is 6.54 Å². The average Bonchev–Trinajstić information content (AvgIpc) is 2.45. The van der Waals surface area contributed by atoms with Crippen molar-refractivity contribution in [1.29, 1.82) is 0 Å². The van der Waals surface area contributed by atoms with Gasteiger partial charge in [-0.2, -0.15) is 0 Å². The Morgan fingerprint density at radius 3 is 2.15 bits per heavy atom. The number of Topliss-reactive ketones (excluding diaryl/α,β-unsaturated/α-hetero) is 1. The highest BCUT2D eigenvalue weighted by atomic mass is 19.1. The summed E-state index contributed by atoms with van der Waals surface area (Å²) in [7, 11) is 0. The van der Waals surface area contributed by atoms with Crippen molar-refractivity contribution in [1.82, 2.24) is 0 Å². The van der Waals surface area contributed by atoms with Crippen LogP contribution in [0.4, 0.5) is 8.78 Å². The molecular weight excluding hydrogens is 260 g/mol. The first kappa shape index (κ1) is 14.3. The number of hydrogen-bond acceptors (Lipinski definition) is 2. The van der Waals surface area contributed by atoms with Gasteiger partial charge in [0.2, 0.25) is 0 Å². The van der Waals surface area contributed by atoms with Crippen LogP contribution in [0.1, 0.15) is 17.0 Å². The maximum absolute atomic E-state index is 13.6. The fourth-order valence-corrected chi connectivity index (χ4v) is 2.14. The van der Waals surface area contributed by atoms with Gasteiger partial charge in [-0.15, -0.1) is 0 Å². The first-order valence-electron chi connectivity index (χ1n) is 6.34. The molecule has 4 heteroatoms. The molecule has 0 fully saturated rings. The third-order valence-electron chi connectivity index (χ3n) is 3.24. The van der Waals surface area contributed by atoms with Gasteiger partial charge in [-0.25, -0.2) is 8.78 Å². The molecule has 0 aliphatic carbocycles. The van der Waals surface area contributed by atoms with E-state index in [1.165, 1.54) is 6.07 Å². The van der Waals surface area contributed by atoms with Crippen LogP contribution < -0.4 is 5.73 Å². The lowest BCUT2D eigenvalue weighted by atomic mass is 9.91. The number of nitrogens with two attached hydrogens (primary N) is 1. The summed E-state index contributed by atoms with van der Waals surface area (Å²) in [5.41, 5.74) is 6.19. The number of hydrogen-bond donors (Lipinski definition) is 1. The molecule has 0 radical (unpaired) electrons. The normalized spacial score (nSPS) is 12.2. The summed E-state index contributed by atoms with van der Waals surface area (Å²) >= 11 is 0. The van der Waals surface area contributed by atoms with Crippen LogP contribution in [0, 0.1) is 11.6 Å². The van der Waals surface area contributed by atoms with Crippen LogP contribution in [0.5, 0.6) is 0 Å². The Labute approximate surface area is 116 Å². The maximum atomic E-state index is 13.6. The zero-order chi connectivity index (χ0) is 14.5. The van der Waals surface area contributed by atoms with Gasteiger partial charge in [0.25, 0.3) is 0 Å². The standard InChI is InChI=1S/C16H15F2NO/c17-14-7-4-8-15(18)12(14)9-16(20)13(10-19)11-5-2-1-3-6-11/h1-8,13H,9-10,19H2. The van der Waals surface area contributed by atoms with Gasteiger partial charge in [0, 0.05) is 18.5 Å². The van der Waals surface area contributed by atoms with Crippen LogP contribution >= 0.6 is 0 Å². The third-order valence-corrected chi connectivity index (χ3v) is 3.24. The molecule has 2 nitrogen and oxygen atoms in total. The average molecular weight is 275 g/mol. The predicted octanol–water partition coefficient (Wildman–Crippen LogP) is 2.82. The van der Waals surface area contributed by atoms with Gasteiger partial charge < -0.3 is 5.73 Å². The van der Waals surface area contributed by atoms with E-state index in [2.05, 4.69) is 0 Å². The maximum Gasteiger partial charge on any atom is 0.146 e. The summed E-state index contributed by atoms with van der Waals surface area (Å²) in [4.78, 5) is 12.2. The number of carbonyl (C=O) groups is 1. The van der Waals surface area contributed by atoms with Gasteiger partial charge in [0.1, 0.15) is 17.4 Å². The molecular formula is C16H15F2NO. The van der Waals surface area contributed by atoms with Crippen LogP contribution in [0.3, 0.4) is 0 Å². The molecule has 2 N–H and O–H groups in total. The van der Waals surface area contributed by atoms with E-state index in [0.717, 1.165) is 17.7 Å². The summed E-state index contributed by atoms with van der Waals surface area (Å²) in [6.45, 7) is 0.110. The van der Waals surface area contributed by atoms with E-state index >= 15 is 0 Å². The second-order valence-electron chi connectivity index (χ2n) is 4.54. The predicted molar refractivity (Wildman–Crippen MR) is 73.3 cm³/mol. The van der Waals surface area contributed by atoms with Gasteiger partial charge >= 0.3 is 0 Å². The number of carbonyl (C=O) groups excluding carboxylic acids is 1. The largest absolute Gasteiger partial charge is 0.329 e. The molecule has 0 spiro atoms.